The average Bonchev–Trinajstić information content (AvgIpc) is 2.18. The number of nitrogens with zero attached hydrogens (tertiary/aromatic N) is 1. The van der Waals surface area contributed by atoms with Crippen LogP contribution < -0.4 is 0 Å². The number of hydrogen-bond acceptors (Lipinski definition) is 1. The molecular formula is C13H23N. The van der Waals surface area contributed by atoms with E-state index in [0.29, 0.717) is 0 Å². The Labute approximate surface area is 88.8 Å². The second-order valence-corrected chi connectivity index (χ2v) is 3.50. The number of likely N-dealkylation sites (N-methyl/N-ethyl adjacent to an activating group) is 1. The molecule has 0 aliphatic carbocycles. The summed E-state index contributed by atoms with van der Waals surface area (Å²) in [5.74, 6) is 0. The highest BCUT2D eigenvalue weighted by Crippen LogP contribution is 2.03. The van der Waals surface area contributed by atoms with Gasteiger partial charge in [-0.2, -0.15) is 0 Å². The normalized spacial score (nSPS) is 12.8. The summed E-state index contributed by atoms with van der Waals surface area (Å²) in [5.41, 5.74) is 2.46. The van der Waals surface area contributed by atoms with Crippen LogP contribution in [0.1, 0.15) is 27.7 Å². The van der Waals surface area contributed by atoms with Crippen LogP contribution in [0, 0.1) is 0 Å². The van der Waals surface area contributed by atoms with Gasteiger partial charge in [-0.3, -0.25) is 4.90 Å². The van der Waals surface area contributed by atoms with Crippen molar-refractivity contribution in [2.75, 3.05) is 19.6 Å². The molecule has 0 N–H and O–H groups in total. The molecule has 0 rings (SSSR count). The van der Waals surface area contributed by atoms with Crippen molar-refractivity contribution < 1.29 is 0 Å². The molecule has 0 radical (unpaired) electrons. The SMILES string of the molecule is C=C(C)/C=C\C(=C/C)CN(CC)CC. The molecule has 0 atom stereocenters. The maximum absolute atomic E-state index is 3.85. The van der Waals surface area contributed by atoms with Crippen LogP contribution in [0.15, 0.2) is 36.0 Å². The first-order valence-corrected chi connectivity index (χ1v) is 5.35. The third-order valence-corrected chi connectivity index (χ3v) is 2.25. The Hall–Kier alpha value is -0.820. The second-order valence-electron chi connectivity index (χ2n) is 3.50. The highest BCUT2D eigenvalue weighted by atomic mass is 15.1. The molecule has 0 aliphatic heterocycles. The first-order valence-electron chi connectivity index (χ1n) is 5.35. The van der Waals surface area contributed by atoms with Crippen molar-refractivity contribution in [3.8, 4) is 0 Å². The van der Waals surface area contributed by atoms with Crippen molar-refractivity contribution in [3.63, 3.8) is 0 Å². The Morgan fingerprint density at radius 1 is 1.21 bits per heavy atom. The Kier molecular flexibility index (Phi) is 7.13. The lowest BCUT2D eigenvalue weighted by molar-refractivity contribution is 0.332. The van der Waals surface area contributed by atoms with Gasteiger partial charge in [-0.15, -0.1) is 0 Å². The van der Waals surface area contributed by atoms with Crippen molar-refractivity contribution in [2.24, 2.45) is 0 Å². The maximum atomic E-state index is 3.85. The molecule has 0 aromatic carbocycles. The summed E-state index contributed by atoms with van der Waals surface area (Å²) in [6.07, 6.45) is 6.39. The molecule has 0 spiro atoms. The molecule has 14 heavy (non-hydrogen) atoms. The molecule has 0 bridgehead atoms. The molecular weight excluding hydrogens is 170 g/mol. The van der Waals surface area contributed by atoms with E-state index in [-0.39, 0.29) is 0 Å². The Balaban J connectivity index is 4.23. The van der Waals surface area contributed by atoms with Gasteiger partial charge in [0.2, 0.25) is 0 Å². The summed E-state index contributed by atoms with van der Waals surface area (Å²) in [7, 11) is 0. The summed E-state index contributed by atoms with van der Waals surface area (Å²) in [6, 6.07) is 0. The summed E-state index contributed by atoms with van der Waals surface area (Å²) in [5, 5.41) is 0. The number of rotatable bonds is 6. The molecule has 1 nitrogen and oxygen atoms in total. The van der Waals surface area contributed by atoms with Crippen LogP contribution in [0.25, 0.3) is 0 Å². The van der Waals surface area contributed by atoms with E-state index >= 15 is 0 Å². The van der Waals surface area contributed by atoms with Gasteiger partial charge < -0.3 is 0 Å². The predicted molar refractivity (Wildman–Crippen MR) is 65.5 cm³/mol. The smallest absolute Gasteiger partial charge is 0.0230 e. The van der Waals surface area contributed by atoms with E-state index < -0.39 is 0 Å². The number of hydrogen-bond donors (Lipinski definition) is 0. The lowest BCUT2D eigenvalue weighted by atomic mass is 10.2. The van der Waals surface area contributed by atoms with Gasteiger partial charge in [0.15, 0.2) is 0 Å². The van der Waals surface area contributed by atoms with Crippen molar-refractivity contribution >= 4 is 0 Å². The molecule has 0 saturated carbocycles. The van der Waals surface area contributed by atoms with Crippen LogP contribution in [0.4, 0.5) is 0 Å². The van der Waals surface area contributed by atoms with Gasteiger partial charge in [0.05, 0.1) is 0 Å². The van der Waals surface area contributed by atoms with Gasteiger partial charge in [-0.25, -0.2) is 0 Å². The molecule has 0 heterocycles. The minimum atomic E-state index is 1.04. The van der Waals surface area contributed by atoms with Crippen LogP contribution in [0.2, 0.25) is 0 Å². The predicted octanol–water partition coefficient (Wildman–Crippen LogP) is 3.41. The molecule has 0 aliphatic rings. The van der Waals surface area contributed by atoms with Crippen molar-refractivity contribution in [3.05, 3.63) is 36.0 Å². The fraction of sp³-hybridized carbons (Fsp3) is 0.538. The Morgan fingerprint density at radius 2 is 1.79 bits per heavy atom. The largest absolute Gasteiger partial charge is 0.300 e. The zero-order valence-corrected chi connectivity index (χ0v) is 10.0. The maximum Gasteiger partial charge on any atom is 0.0230 e. The minimum absolute atomic E-state index is 1.04. The molecule has 0 aromatic rings. The van der Waals surface area contributed by atoms with E-state index in [1.807, 2.05) is 6.92 Å². The van der Waals surface area contributed by atoms with Gasteiger partial charge in [-0.05, 0) is 32.5 Å². The Bertz CT molecular complexity index is 219. The summed E-state index contributed by atoms with van der Waals surface area (Å²) in [4.78, 5) is 2.40. The lowest BCUT2D eigenvalue weighted by Gasteiger charge is -2.18. The van der Waals surface area contributed by atoms with Gasteiger partial charge >= 0.3 is 0 Å². The van der Waals surface area contributed by atoms with E-state index in [0.717, 1.165) is 25.2 Å². The third kappa shape index (κ3) is 5.76. The minimum Gasteiger partial charge on any atom is -0.300 e. The van der Waals surface area contributed by atoms with E-state index in [2.05, 4.69) is 50.5 Å². The van der Waals surface area contributed by atoms with E-state index in [9.17, 15) is 0 Å². The highest BCUT2D eigenvalue weighted by molar-refractivity contribution is 5.25. The van der Waals surface area contributed by atoms with Crippen LogP contribution in [-0.4, -0.2) is 24.5 Å². The molecule has 0 saturated heterocycles. The van der Waals surface area contributed by atoms with E-state index in [1.54, 1.807) is 0 Å². The van der Waals surface area contributed by atoms with Crippen molar-refractivity contribution in [2.45, 2.75) is 27.7 Å². The topological polar surface area (TPSA) is 3.24 Å². The first kappa shape index (κ1) is 13.2. The Morgan fingerprint density at radius 3 is 2.14 bits per heavy atom. The van der Waals surface area contributed by atoms with Crippen LogP contribution in [-0.2, 0) is 0 Å². The lowest BCUT2D eigenvalue weighted by Crippen LogP contribution is -2.24. The third-order valence-electron chi connectivity index (χ3n) is 2.25. The molecule has 0 unspecified atom stereocenters. The second kappa shape index (κ2) is 7.57. The summed E-state index contributed by atoms with van der Waals surface area (Å²) < 4.78 is 0. The monoisotopic (exact) mass is 193 g/mol. The standard InChI is InChI=1S/C13H23N/c1-6-13(10-9-12(4)5)11-14(7-2)8-3/h6,9-10H,4,7-8,11H2,1-3,5H3/b10-9-,13-6+. The zero-order chi connectivity index (χ0) is 11.0. The van der Waals surface area contributed by atoms with Crippen molar-refractivity contribution in [1.29, 1.82) is 0 Å². The van der Waals surface area contributed by atoms with Crippen molar-refractivity contribution in [1.82, 2.24) is 4.90 Å². The quantitative estimate of drug-likeness (QED) is 0.584. The molecule has 0 aromatic heterocycles. The zero-order valence-electron chi connectivity index (χ0n) is 10.0. The van der Waals surface area contributed by atoms with Gasteiger partial charge in [-0.1, -0.05) is 44.2 Å². The molecule has 1 heteroatoms. The molecule has 0 amide bonds. The van der Waals surface area contributed by atoms with Crippen LogP contribution >= 0.6 is 0 Å². The number of allylic oxidation sites excluding steroid dienone is 3. The van der Waals surface area contributed by atoms with E-state index in [1.165, 1.54) is 5.57 Å². The van der Waals surface area contributed by atoms with Crippen LogP contribution in [0.3, 0.4) is 0 Å². The summed E-state index contributed by atoms with van der Waals surface area (Å²) >= 11 is 0. The molecule has 0 fully saturated rings. The van der Waals surface area contributed by atoms with Gasteiger partial charge in [0, 0.05) is 6.54 Å². The van der Waals surface area contributed by atoms with Gasteiger partial charge in [0.1, 0.15) is 0 Å². The molecule has 80 valence electrons. The van der Waals surface area contributed by atoms with Gasteiger partial charge in [0.25, 0.3) is 0 Å². The fourth-order valence-electron chi connectivity index (χ4n) is 1.19. The van der Waals surface area contributed by atoms with E-state index in [4.69, 9.17) is 0 Å². The highest BCUT2D eigenvalue weighted by Gasteiger charge is 1.99. The summed E-state index contributed by atoms with van der Waals surface area (Å²) in [6.45, 7) is 15.6. The fourth-order valence-corrected chi connectivity index (χ4v) is 1.19. The average molecular weight is 193 g/mol. The first-order chi connectivity index (χ1) is 6.63. The van der Waals surface area contributed by atoms with Crippen LogP contribution in [0.5, 0.6) is 0 Å².